The molecule has 0 spiro atoms. The first-order chi connectivity index (χ1) is 7.15. The maximum atomic E-state index is 11.6. The summed E-state index contributed by atoms with van der Waals surface area (Å²) in [5.74, 6) is 0.308. The van der Waals surface area contributed by atoms with Gasteiger partial charge in [0.05, 0.1) is 6.61 Å². The zero-order valence-corrected chi connectivity index (χ0v) is 9.19. The lowest BCUT2D eigenvalue weighted by Gasteiger charge is -2.28. The van der Waals surface area contributed by atoms with Crippen LogP contribution in [0, 0.1) is 5.92 Å². The van der Waals surface area contributed by atoms with Gasteiger partial charge >= 0.3 is 0 Å². The summed E-state index contributed by atoms with van der Waals surface area (Å²) >= 11 is 0. The number of hydrogen-bond donors (Lipinski definition) is 2. The molecule has 88 valence electrons. The van der Waals surface area contributed by atoms with Crippen LogP contribution in [0.1, 0.15) is 12.8 Å². The molecule has 3 N–H and O–H groups in total. The van der Waals surface area contributed by atoms with Gasteiger partial charge in [0.25, 0.3) is 0 Å². The molecule has 0 aliphatic carbocycles. The molecule has 1 aliphatic heterocycles. The molecule has 5 nitrogen and oxygen atoms in total. The molecular weight excluding hydrogens is 196 g/mol. The summed E-state index contributed by atoms with van der Waals surface area (Å²) in [6.45, 7) is 1.96. The Morgan fingerprint density at radius 3 is 2.73 bits per heavy atom. The van der Waals surface area contributed by atoms with Crippen molar-refractivity contribution in [3.63, 3.8) is 0 Å². The molecule has 1 rings (SSSR count). The molecule has 1 aliphatic rings. The molecule has 0 saturated carbocycles. The smallest absolute Gasteiger partial charge is 0.241 e. The quantitative estimate of drug-likeness (QED) is 0.644. The van der Waals surface area contributed by atoms with Crippen molar-refractivity contribution in [1.82, 2.24) is 4.90 Å². The standard InChI is InChI=1S/C10H20N2O3/c1-12(10(14)9(11)7-13)6-8-2-4-15-5-3-8/h8-9,13H,2-7,11H2,1H3. The maximum Gasteiger partial charge on any atom is 0.241 e. The highest BCUT2D eigenvalue weighted by atomic mass is 16.5. The van der Waals surface area contributed by atoms with Crippen molar-refractivity contribution in [2.75, 3.05) is 33.4 Å². The van der Waals surface area contributed by atoms with Crippen LogP contribution in [0.5, 0.6) is 0 Å². The largest absolute Gasteiger partial charge is 0.394 e. The summed E-state index contributed by atoms with van der Waals surface area (Å²) in [6.07, 6.45) is 1.98. The summed E-state index contributed by atoms with van der Waals surface area (Å²) in [4.78, 5) is 13.2. The molecular formula is C10H20N2O3. The van der Waals surface area contributed by atoms with Crippen molar-refractivity contribution >= 4 is 5.91 Å². The third-order valence-electron chi connectivity index (χ3n) is 2.76. The van der Waals surface area contributed by atoms with Gasteiger partial charge in [-0.2, -0.15) is 0 Å². The van der Waals surface area contributed by atoms with E-state index in [0.717, 1.165) is 26.1 Å². The van der Waals surface area contributed by atoms with Gasteiger partial charge in [-0.15, -0.1) is 0 Å². The number of nitrogens with zero attached hydrogens (tertiary/aromatic N) is 1. The molecule has 1 atom stereocenters. The van der Waals surface area contributed by atoms with Crippen LogP contribution < -0.4 is 5.73 Å². The predicted molar refractivity (Wildman–Crippen MR) is 56.2 cm³/mol. The fourth-order valence-corrected chi connectivity index (χ4v) is 1.77. The second-order valence-corrected chi connectivity index (χ2v) is 4.06. The average Bonchev–Trinajstić information content (AvgIpc) is 2.28. The van der Waals surface area contributed by atoms with Crippen LogP contribution in [-0.4, -0.2) is 55.4 Å². The number of nitrogens with two attached hydrogens (primary N) is 1. The second kappa shape index (κ2) is 6.05. The number of carbonyl (C=O) groups is 1. The minimum absolute atomic E-state index is 0.191. The van der Waals surface area contributed by atoms with Crippen molar-refractivity contribution in [3.05, 3.63) is 0 Å². The van der Waals surface area contributed by atoms with Gasteiger partial charge in [-0.1, -0.05) is 0 Å². The minimum Gasteiger partial charge on any atom is -0.394 e. The molecule has 1 unspecified atom stereocenters. The lowest BCUT2D eigenvalue weighted by Crippen LogP contribution is -2.46. The fraction of sp³-hybridized carbons (Fsp3) is 0.900. The summed E-state index contributed by atoms with van der Waals surface area (Å²) < 4.78 is 5.24. The van der Waals surface area contributed by atoms with Crippen molar-refractivity contribution < 1.29 is 14.6 Å². The Bertz CT molecular complexity index is 205. The Labute approximate surface area is 90.2 Å². The van der Waals surface area contributed by atoms with Crippen molar-refractivity contribution in [1.29, 1.82) is 0 Å². The van der Waals surface area contributed by atoms with Crippen LogP contribution >= 0.6 is 0 Å². The first kappa shape index (κ1) is 12.4. The van der Waals surface area contributed by atoms with Crippen LogP contribution in [0.4, 0.5) is 0 Å². The molecule has 1 fully saturated rings. The zero-order chi connectivity index (χ0) is 11.3. The third-order valence-corrected chi connectivity index (χ3v) is 2.76. The SMILES string of the molecule is CN(CC1CCOCC1)C(=O)C(N)CO. The number of aliphatic hydroxyl groups is 1. The van der Waals surface area contributed by atoms with E-state index in [1.54, 1.807) is 11.9 Å². The Balaban J connectivity index is 2.33. The first-order valence-electron chi connectivity index (χ1n) is 5.34. The predicted octanol–water partition coefficient (Wildman–Crippen LogP) is -0.809. The number of amides is 1. The average molecular weight is 216 g/mol. The second-order valence-electron chi connectivity index (χ2n) is 4.06. The van der Waals surface area contributed by atoms with E-state index in [1.807, 2.05) is 0 Å². The van der Waals surface area contributed by atoms with Crippen LogP contribution in [0.25, 0.3) is 0 Å². The van der Waals surface area contributed by atoms with Gasteiger partial charge < -0.3 is 20.5 Å². The summed E-state index contributed by atoms with van der Waals surface area (Å²) in [5.41, 5.74) is 5.46. The van der Waals surface area contributed by atoms with E-state index < -0.39 is 6.04 Å². The van der Waals surface area contributed by atoms with Gasteiger partial charge in [-0.25, -0.2) is 0 Å². The molecule has 0 bridgehead atoms. The number of hydrogen-bond acceptors (Lipinski definition) is 4. The van der Waals surface area contributed by atoms with Crippen molar-refractivity contribution in [2.45, 2.75) is 18.9 Å². The first-order valence-corrected chi connectivity index (χ1v) is 5.34. The summed E-state index contributed by atoms with van der Waals surface area (Å²) in [6, 6.07) is -0.783. The molecule has 0 aromatic heterocycles. The highest BCUT2D eigenvalue weighted by molar-refractivity contribution is 5.81. The number of aliphatic hydroxyl groups excluding tert-OH is 1. The molecule has 1 heterocycles. The Morgan fingerprint density at radius 1 is 1.60 bits per heavy atom. The maximum absolute atomic E-state index is 11.6. The fourth-order valence-electron chi connectivity index (χ4n) is 1.77. The molecule has 5 heteroatoms. The van der Waals surface area contributed by atoms with Crippen LogP contribution in [0.2, 0.25) is 0 Å². The third kappa shape index (κ3) is 3.77. The van der Waals surface area contributed by atoms with E-state index in [2.05, 4.69) is 0 Å². The lowest BCUT2D eigenvalue weighted by atomic mass is 10.00. The molecule has 15 heavy (non-hydrogen) atoms. The van der Waals surface area contributed by atoms with E-state index in [-0.39, 0.29) is 12.5 Å². The molecule has 1 amide bonds. The summed E-state index contributed by atoms with van der Waals surface area (Å²) in [7, 11) is 1.73. The highest BCUT2D eigenvalue weighted by Gasteiger charge is 2.21. The van der Waals surface area contributed by atoms with Crippen LogP contribution in [0.15, 0.2) is 0 Å². The lowest BCUT2D eigenvalue weighted by molar-refractivity contribution is -0.133. The van der Waals surface area contributed by atoms with E-state index in [4.69, 9.17) is 15.6 Å². The van der Waals surface area contributed by atoms with Gasteiger partial charge in [0.15, 0.2) is 0 Å². The Hall–Kier alpha value is -0.650. The summed E-state index contributed by atoms with van der Waals surface area (Å²) in [5, 5.41) is 8.77. The van der Waals surface area contributed by atoms with Gasteiger partial charge in [0.2, 0.25) is 5.91 Å². The Kier molecular flexibility index (Phi) is 5.01. The van der Waals surface area contributed by atoms with Gasteiger partial charge in [-0.05, 0) is 18.8 Å². The van der Waals surface area contributed by atoms with Crippen LogP contribution in [-0.2, 0) is 9.53 Å². The van der Waals surface area contributed by atoms with E-state index in [9.17, 15) is 4.79 Å². The zero-order valence-electron chi connectivity index (χ0n) is 9.19. The minimum atomic E-state index is -0.783. The molecule has 0 aromatic rings. The Morgan fingerprint density at radius 2 is 2.20 bits per heavy atom. The van der Waals surface area contributed by atoms with Gasteiger partial charge in [0, 0.05) is 26.8 Å². The van der Waals surface area contributed by atoms with Crippen molar-refractivity contribution in [2.24, 2.45) is 11.7 Å². The van der Waals surface area contributed by atoms with Gasteiger partial charge in [-0.3, -0.25) is 4.79 Å². The molecule has 0 radical (unpaired) electrons. The molecule has 0 aromatic carbocycles. The number of carbonyl (C=O) groups excluding carboxylic acids is 1. The number of rotatable bonds is 4. The number of likely N-dealkylation sites (N-methyl/N-ethyl adjacent to an activating group) is 1. The van der Waals surface area contributed by atoms with Crippen LogP contribution in [0.3, 0.4) is 0 Å². The van der Waals surface area contributed by atoms with Gasteiger partial charge in [0.1, 0.15) is 6.04 Å². The topological polar surface area (TPSA) is 75.8 Å². The van der Waals surface area contributed by atoms with E-state index >= 15 is 0 Å². The number of ether oxygens (including phenoxy) is 1. The van der Waals surface area contributed by atoms with E-state index in [1.165, 1.54) is 0 Å². The normalized spacial score (nSPS) is 19.9. The highest BCUT2D eigenvalue weighted by Crippen LogP contribution is 2.15. The van der Waals surface area contributed by atoms with Crippen molar-refractivity contribution in [3.8, 4) is 0 Å². The molecule has 1 saturated heterocycles. The monoisotopic (exact) mass is 216 g/mol. The van der Waals surface area contributed by atoms with E-state index in [0.29, 0.717) is 12.5 Å².